The molecule has 390 valence electrons. The van der Waals surface area contributed by atoms with Gasteiger partial charge in [0.2, 0.25) is 5.91 Å². The molecule has 0 aliphatic carbocycles. The molecule has 0 aromatic rings. The number of ether oxygens (including phenoxy) is 1. The molecule has 0 aromatic heterocycles. The predicted molar refractivity (Wildman–Crippen MR) is 287 cm³/mol. The maximum atomic E-state index is 12.5. The number of amides is 1. The van der Waals surface area contributed by atoms with Crippen LogP contribution >= 0.6 is 0 Å². The summed E-state index contributed by atoms with van der Waals surface area (Å²) < 4.78 is 5.45. The molecule has 0 heterocycles. The lowest BCUT2D eigenvalue weighted by atomic mass is 10.0. The summed E-state index contributed by atoms with van der Waals surface area (Å²) in [5.74, 6) is -0.0665. The second kappa shape index (κ2) is 55.9. The first-order valence-electron chi connectivity index (χ1n) is 29.6. The van der Waals surface area contributed by atoms with Gasteiger partial charge in [0.15, 0.2) is 0 Å². The average molecular weight is 931 g/mol. The second-order valence-electron chi connectivity index (χ2n) is 20.3. The lowest BCUT2D eigenvalue weighted by Gasteiger charge is -2.22. The molecule has 6 heteroatoms. The highest BCUT2D eigenvalue weighted by Gasteiger charge is 2.20. The third-order valence-electron chi connectivity index (χ3n) is 13.7. The van der Waals surface area contributed by atoms with Crippen LogP contribution in [-0.2, 0) is 14.3 Å². The number of hydrogen-bond acceptors (Lipinski definition) is 5. The van der Waals surface area contributed by atoms with Crippen molar-refractivity contribution in [2.75, 3.05) is 13.2 Å². The van der Waals surface area contributed by atoms with E-state index in [0.29, 0.717) is 25.9 Å². The molecule has 0 aromatic carbocycles. The van der Waals surface area contributed by atoms with Crippen molar-refractivity contribution in [2.45, 2.75) is 334 Å². The molecule has 0 aliphatic heterocycles. The Hall–Kier alpha value is -1.66. The fourth-order valence-electron chi connectivity index (χ4n) is 9.16. The van der Waals surface area contributed by atoms with E-state index in [1.165, 1.54) is 218 Å². The van der Waals surface area contributed by atoms with Crippen molar-refractivity contribution in [1.82, 2.24) is 5.32 Å². The van der Waals surface area contributed by atoms with Gasteiger partial charge < -0.3 is 20.3 Å². The molecule has 1 amide bonds. The van der Waals surface area contributed by atoms with E-state index in [1.54, 1.807) is 0 Å². The standard InChI is InChI=1S/C60H115NO5/c1-3-5-7-9-11-13-15-17-18-19-20-21-22-23-25-29-32-36-40-44-48-52-58(63)57(56-62)61-59(64)53-49-45-41-37-33-30-26-24-27-31-35-39-43-47-51-55-66-60(65)54-50-46-42-38-34-28-16-14-12-10-8-6-4-2/h14,16,27,31,57-58,62-63H,3-13,15,17-26,28-30,32-56H2,1-2H3,(H,61,64)/b16-14-,31-27-. The van der Waals surface area contributed by atoms with Crippen molar-refractivity contribution in [3.05, 3.63) is 24.3 Å². The maximum absolute atomic E-state index is 12.5. The molecule has 0 saturated heterocycles. The van der Waals surface area contributed by atoms with Crippen molar-refractivity contribution in [2.24, 2.45) is 0 Å². The number of allylic oxidation sites excluding steroid dienone is 4. The third-order valence-corrected chi connectivity index (χ3v) is 13.7. The smallest absolute Gasteiger partial charge is 0.305 e. The van der Waals surface area contributed by atoms with Crippen LogP contribution in [0.25, 0.3) is 0 Å². The molecule has 0 saturated carbocycles. The highest BCUT2D eigenvalue weighted by Crippen LogP contribution is 2.17. The summed E-state index contributed by atoms with van der Waals surface area (Å²) in [6, 6.07) is -0.554. The van der Waals surface area contributed by atoms with Gasteiger partial charge in [0.25, 0.3) is 0 Å². The molecule has 0 aliphatic rings. The van der Waals surface area contributed by atoms with Crippen molar-refractivity contribution < 1.29 is 24.5 Å². The van der Waals surface area contributed by atoms with Crippen LogP contribution in [0, 0.1) is 0 Å². The lowest BCUT2D eigenvalue weighted by Crippen LogP contribution is -2.45. The number of aliphatic hydroxyl groups is 2. The first-order chi connectivity index (χ1) is 32.5. The summed E-state index contributed by atoms with van der Waals surface area (Å²) in [7, 11) is 0. The number of rotatable bonds is 55. The zero-order valence-corrected chi connectivity index (χ0v) is 44.4. The Kier molecular flexibility index (Phi) is 54.5. The van der Waals surface area contributed by atoms with E-state index in [4.69, 9.17) is 4.74 Å². The second-order valence-corrected chi connectivity index (χ2v) is 20.3. The molecule has 0 bridgehead atoms. The summed E-state index contributed by atoms with van der Waals surface area (Å²) in [4.78, 5) is 24.5. The van der Waals surface area contributed by atoms with Gasteiger partial charge in [-0.2, -0.15) is 0 Å². The molecule has 6 nitrogen and oxygen atoms in total. The first kappa shape index (κ1) is 64.3. The Morgan fingerprint density at radius 2 is 0.712 bits per heavy atom. The van der Waals surface area contributed by atoms with E-state index in [2.05, 4.69) is 43.5 Å². The minimum Gasteiger partial charge on any atom is -0.466 e. The van der Waals surface area contributed by atoms with Gasteiger partial charge in [-0.15, -0.1) is 0 Å². The monoisotopic (exact) mass is 930 g/mol. The zero-order chi connectivity index (χ0) is 47.9. The number of esters is 1. The van der Waals surface area contributed by atoms with E-state index in [1.807, 2.05) is 0 Å². The van der Waals surface area contributed by atoms with Crippen LogP contribution in [0.3, 0.4) is 0 Å². The largest absolute Gasteiger partial charge is 0.466 e. The normalized spacial score (nSPS) is 12.7. The Morgan fingerprint density at radius 1 is 0.409 bits per heavy atom. The number of aliphatic hydroxyl groups excluding tert-OH is 2. The van der Waals surface area contributed by atoms with Crippen molar-refractivity contribution in [3.8, 4) is 0 Å². The van der Waals surface area contributed by atoms with E-state index in [-0.39, 0.29) is 18.5 Å². The molecule has 0 radical (unpaired) electrons. The van der Waals surface area contributed by atoms with E-state index in [0.717, 1.165) is 70.6 Å². The number of unbranched alkanes of at least 4 members (excludes halogenated alkanes) is 40. The topological polar surface area (TPSA) is 95.9 Å². The van der Waals surface area contributed by atoms with E-state index >= 15 is 0 Å². The quantitative estimate of drug-likeness (QED) is 0.0321. The van der Waals surface area contributed by atoms with Gasteiger partial charge in [-0.3, -0.25) is 9.59 Å². The number of nitrogens with one attached hydrogen (secondary N) is 1. The summed E-state index contributed by atoms with van der Waals surface area (Å²) >= 11 is 0. The number of carbonyl (C=O) groups excluding carboxylic acids is 2. The third kappa shape index (κ3) is 51.7. The van der Waals surface area contributed by atoms with Gasteiger partial charge in [-0.1, -0.05) is 256 Å². The van der Waals surface area contributed by atoms with E-state index < -0.39 is 12.1 Å². The lowest BCUT2D eigenvalue weighted by molar-refractivity contribution is -0.143. The summed E-state index contributed by atoms with van der Waals surface area (Å²) in [6.07, 6.45) is 67.4. The molecule has 0 spiro atoms. The van der Waals surface area contributed by atoms with Crippen LogP contribution in [0.5, 0.6) is 0 Å². The van der Waals surface area contributed by atoms with Crippen molar-refractivity contribution in [3.63, 3.8) is 0 Å². The van der Waals surface area contributed by atoms with Gasteiger partial charge in [0.1, 0.15) is 0 Å². The summed E-state index contributed by atoms with van der Waals surface area (Å²) in [5, 5.41) is 23.3. The fraction of sp³-hybridized carbons (Fsp3) is 0.900. The molecule has 0 rings (SSSR count). The van der Waals surface area contributed by atoms with Crippen LogP contribution in [-0.4, -0.2) is 47.4 Å². The molecule has 0 fully saturated rings. The van der Waals surface area contributed by atoms with Gasteiger partial charge in [0.05, 0.1) is 25.4 Å². The maximum Gasteiger partial charge on any atom is 0.305 e. The van der Waals surface area contributed by atoms with Crippen LogP contribution < -0.4 is 5.32 Å². The van der Waals surface area contributed by atoms with Crippen molar-refractivity contribution >= 4 is 11.9 Å². The predicted octanol–water partition coefficient (Wildman–Crippen LogP) is 18.2. The van der Waals surface area contributed by atoms with Crippen LogP contribution in [0.15, 0.2) is 24.3 Å². The molecule has 3 N–H and O–H groups in total. The summed E-state index contributed by atoms with van der Waals surface area (Å²) in [5.41, 5.74) is 0. The zero-order valence-electron chi connectivity index (χ0n) is 44.4. The average Bonchev–Trinajstić information content (AvgIpc) is 3.32. The molecular formula is C60H115NO5. The Bertz CT molecular complexity index is 1030. The Balaban J connectivity index is 3.47. The van der Waals surface area contributed by atoms with Crippen molar-refractivity contribution in [1.29, 1.82) is 0 Å². The Morgan fingerprint density at radius 3 is 1.09 bits per heavy atom. The van der Waals surface area contributed by atoms with Crippen LogP contribution in [0.2, 0.25) is 0 Å². The van der Waals surface area contributed by atoms with Gasteiger partial charge in [0, 0.05) is 12.8 Å². The molecular weight excluding hydrogens is 815 g/mol. The van der Waals surface area contributed by atoms with Crippen LogP contribution in [0.4, 0.5) is 0 Å². The molecule has 2 atom stereocenters. The number of hydrogen-bond donors (Lipinski definition) is 3. The number of carbonyl (C=O) groups is 2. The molecule has 66 heavy (non-hydrogen) atoms. The van der Waals surface area contributed by atoms with Gasteiger partial charge >= 0.3 is 5.97 Å². The SMILES string of the molecule is CCCCCC/C=C\CCCCCCCC(=O)OCCCCCC/C=C\CCCCCCCCCC(=O)NC(CO)C(O)CCCCCCCCCCCCCCCCCCCCCCC. The summed E-state index contributed by atoms with van der Waals surface area (Å²) in [6.45, 7) is 4.92. The minimum atomic E-state index is -0.675. The highest BCUT2D eigenvalue weighted by molar-refractivity contribution is 5.76. The minimum absolute atomic E-state index is 0.0188. The highest BCUT2D eigenvalue weighted by atomic mass is 16.5. The first-order valence-corrected chi connectivity index (χ1v) is 29.6. The van der Waals surface area contributed by atoms with E-state index in [9.17, 15) is 19.8 Å². The van der Waals surface area contributed by atoms with Gasteiger partial charge in [-0.25, -0.2) is 0 Å². The molecule has 2 unspecified atom stereocenters. The van der Waals surface area contributed by atoms with Gasteiger partial charge in [-0.05, 0) is 77.0 Å². The fourth-order valence-corrected chi connectivity index (χ4v) is 9.16. The van der Waals surface area contributed by atoms with Crippen LogP contribution in [0.1, 0.15) is 322 Å². The Labute approximate surface area is 411 Å².